The van der Waals surface area contributed by atoms with E-state index >= 15 is 0 Å². The molecule has 0 bridgehead atoms. The highest BCUT2D eigenvalue weighted by Gasteiger charge is 2.05. The first-order valence-electron chi connectivity index (χ1n) is 5.37. The van der Waals surface area contributed by atoms with Gasteiger partial charge in [0.1, 0.15) is 5.82 Å². The van der Waals surface area contributed by atoms with Gasteiger partial charge in [0.05, 0.1) is 18.2 Å². The van der Waals surface area contributed by atoms with E-state index in [1.165, 1.54) is 6.07 Å². The molecule has 0 aliphatic rings. The molecular formula is C12H11FN4O. The molecule has 1 aromatic heterocycles. The largest absolute Gasteiger partial charge is 0.340 e. The maximum atomic E-state index is 13.5. The molecule has 0 aliphatic carbocycles. The van der Waals surface area contributed by atoms with Crippen LogP contribution in [0.2, 0.25) is 0 Å². The van der Waals surface area contributed by atoms with Crippen LogP contribution < -0.4 is 5.32 Å². The predicted molar refractivity (Wildman–Crippen MR) is 60.7 cm³/mol. The van der Waals surface area contributed by atoms with E-state index < -0.39 is 5.82 Å². The van der Waals surface area contributed by atoms with Crippen molar-refractivity contribution in [3.05, 3.63) is 46.9 Å². The number of hydrogen-bond donors (Lipinski definition) is 1. The van der Waals surface area contributed by atoms with Gasteiger partial charge in [-0.25, -0.2) is 4.39 Å². The minimum atomic E-state index is -0.397. The fourth-order valence-electron chi connectivity index (χ4n) is 1.48. The second-order valence-corrected chi connectivity index (χ2v) is 3.75. The maximum absolute atomic E-state index is 13.5. The molecule has 0 amide bonds. The average Bonchev–Trinajstić information content (AvgIpc) is 2.77. The monoisotopic (exact) mass is 246 g/mol. The summed E-state index contributed by atoms with van der Waals surface area (Å²) in [5.74, 6) is 0.628. The van der Waals surface area contributed by atoms with Crippen LogP contribution in [-0.2, 0) is 13.1 Å². The Balaban J connectivity index is 1.92. The van der Waals surface area contributed by atoms with Crippen LogP contribution in [0.1, 0.15) is 22.8 Å². The molecule has 5 nitrogen and oxygen atoms in total. The minimum Gasteiger partial charge on any atom is -0.340 e. The molecule has 0 saturated carbocycles. The number of nitrogens with zero attached hydrogens (tertiary/aromatic N) is 3. The Hall–Kier alpha value is -2.26. The van der Waals surface area contributed by atoms with E-state index in [4.69, 9.17) is 9.78 Å². The van der Waals surface area contributed by atoms with Crippen LogP contribution in [0, 0.1) is 24.1 Å². The third kappa shape index (κ3) is 2.90. The van der Waals surface area contributed by atoms with Crippen LogP contribution in [-0.4, -0.2) is 10.1 Å². The Kier molecular flexibility index (Phi) is 3.65. The van der Waals surface area contributed by atoms with Gasteiger partial charge in [0.2, 0.25) is 5.89 Å². The molecule has 0 fully saturated rings. The molecule has 18 heavy (non-hydrogen) atoms. The van der Waals surface area contributed by atoms with Crippen molar-refractivity contribution in [2.75, 3.05) is 0 Å². The van der Waals surface area contributed by atoms with Crippen molar-refractivity contribution in [3.8, 4) is 6.07 Å². The fraction of sp³-hybridized carbons (Fsp3) is 0.250. The van der Waals surface area contributed by atoms with E-state index in [-0.39, 0.29) is 0 Å². The number of hydrogen-bond acceptors (Lipinski definition) is 5. The van der Waals surface area contributed by atoms with Gasteiger partial charge in [-0.2, -0.15) is 10.2 Å². The normalized spacial score (nSPS) is 10.3. The third-order valence-electron chi connectivity index (χ3n) is 2.35. The highest BCUT2D eigenvalue weighted by atomic mass is 19.1. The van der Waals surface area contributed by atoms with Crippen LogP contribution in [0.25, 0.3) is 0 Å². The Morgan fingerprint density at radius 1 is 1.44 bits per heavy atom. The number of aromatic nitrogens is 2. The molecule has 0 radical (unpaired) electrons. The van der Waals surface area contributed by atoms with Crippen molar-refractivity contribution in [1.82, 2.24) is 15.5 Å². The van der Waals surface area contributed by atoms with Crippen molar-refractivity contribution >= 4 is 0 Å². The van der Waals surface area contributed by atoms with E-state index in [0.29, 0.717) is 35.9 Å². The number of aryl methyl sites for hydroxylation is 1. The number of halogens is 1. The zero-order valence-electron chi connectivity index (χ0n) is 9.77. The number of nitrogens with one attached hydrogen (secondary N) is 1. The summed E-state index contributed by atoms with van der Waals surface area (Å²) < 4.78 is 18.3. The number of benzene rings is 1. The Morgan fingerprint density at radius 3 is 2.89 bits per heavy atom. The van der Waals surface area contributed by atoms with Crippen LogP contribution >= 0.6 is 0 Å². The molecule has 0 aliphatic heterocycles. The number of rotatable bonds is 4. The second-order valence-electron chi connectivity index (χ2n) is 3.75. The van der Waals surface area contributed by atoms with Gasteiger partial charge in [0, 0.05) is 19.0 Å². The van der Waals surface area contributed by atoms with E-state index in [1.54, 1.807) is 19.1 Å². The molecule has 0 spiro atoms. The van der Waals surface area contributed by atoms with Crippen molar-refractivity contribution in [2.24, 2.45) is 0 Å². The molecule has 1 heterocycles. The second kappa shape index (κ2) is 5.38. The lowest BCUT2D eigenvalue weighted by Crippen LogP contribution is -2.14. The fourth-order valence-corrected chi connectivity index (χ4v) is 1.48. The SMILES string of the molecule is Cc1nc(CNCc2ccc(C#N)cc2F)no1. The summed E-state index contributed by atoms with van der Waals surface area (Å²) in [6.07, 6.45) is 0. The molecular weight excluding hydrogens is 235 g/mol. The average molecular weight is 246 g/mol. The van der Waals surface area contributed by atoms with E-state index in [2.05, 4.69) is 15.5 Å². The zero-order chi connectivity index (χ0) is 13.0. The lowest BCUT2D eigenvalue weighted by molar-refractivity contribution is 0.385. The summed E-state index contributed by atoms with van der Waals surface area (Å²) in [5, 5.41) is 15.3. The molecule has 2 aromatic rings. The first kappa shape index (κ1) is 12.2. The van der Waals surface area contributed by atoms with Gasteiger partial charge < -0.3 is 9.84 Å². The van der Waals surface area contributed by atoms with Gasteiger partial charge in [-0.1, -0.05) is 11.2 Å². The minimum absolute atomic E-state index is 0.310. The zero-order valence-corrected chi connectivity index (χ0v) is 9.77. The Morgan fingerprint density at radius 2 is 2.28 bits per heavy atom. The van der Waals surface area contributed by atoms with Gasteiger partial charge in [-0.3, -0.25) is 0 Å². The maximum Gasteiger partial charge on any atom is 0.223 e. The quantitative estimate of drug-likeness (QED) is 0.888. The van der Waals surface area contributed by atoms with Crippen LogP contribution in [0.3, 0.4) is 0 Å². The van der Waals surface area contributed by atoms with Crippen molar-refractivity contribution in [2.45, 2.75) is 20.0 Å². The summed E-state index contributed by atoms with van der Waals surface area (Å²) in [6, 6.07) is 6.27. The van der Waals surface area contributed by atoms with Crippen molar-refractivity contribution in [1.29, 1.82) is 5.26 Å². The van der Waals surface area contributed by atoms with E-state index in [1.807, 2.05) is 6.07 Å². The van der Waals surface area contributed by atoms with Crippen molar-refractivity contribution < 1.29 is 8.91 Å². The number of nitriles is 1. The van der Waals surface area contributed by atoms with E-state index in [9.17, 15) is 4.39 Å². The summed E-state index contributed by atoms with van der Waals surface area (Å²) in [7, 11) is 0. The van der Waals surface area contributed by atoms with Gasteiger partial charge in [-0.05, 0) is 12.1 Å². The first-order valence-corrected chi connectivity index (χ1v) is 5.37. The van der Waals surface area contributed by atoms with E-state index in [0.717, 1.165) is 0 Å². The van der Waals surface area contributed by atoms with Gasteiger partial charge in [0.25, 0.3) is 0 Å². The van der Waals surface area contributed by atoms with Crippen LogP contribution in [0.15, 0.2) is 22.7 Å². The Labute approximate surface area is 103 Å². The van der Waals surface area contributed by atoms with Crippen LogP contribution in [0.4, 0.5) is 4.39 Å². The molecule has 6 heteroatoms. The summed E-state index contributed by atoms with van der Waals surface area (Å²) >= 11 is 0. The topological polar surface area (TPSA) is 74.7 Å². The molecule has 0 atom stereocenters. The lowest BCUT2D eigenvalue weighted by Gasteiger charge is -2.04. The molecule has 0 saturated heterocycles. The van der Waals surface area contributed by atoms with Crippen LogP contribution in [0.5, 0.6) is 0 Å². The molecule has 1 aromatic carbocycles. The standard InChI is InChI=1S/C12H11FN4O/c1-8-16-12(17-18-8)7-15-6-10-3-2-9(5-14)4-11(10)13/h2-4,15H,6-7H2,1H3. The van der Waals surface area contributed by atoms with Gasteiger partial charge in [0.15, 0.2) is 5.82 Å². The third-order valence-corrected chi connectivity index (χ3v) is 2.35. The summed E-state index contributed by atoms with van der Waals surface area (Å²) in [6.45, 7) is 2.44. The lowest BCUT2D eigenvalue weighted by atomic mass is 10.1. The smallest absolute Gasteiger partial charge is 0.223 e. The molecule has 0 unspecified atom stereocenters. The summed E-state index contributed by atoms with van der Waals surface area (Å²) in [4.78, 5) is 4.01. The predicted octanol–water partition coefficient (Wildman–Crippen LogP) is 1.68. The first-order chi connectivity index (χ1) is 8.69. The van der Waals surface area contributed by atoms with Crippen molar-refractivity contribution in [3.63, 3.8) is 0 Å². The summed E-state index contributed by atoms with van der Waals surface area (Å²) in [5.41, 5.74) is 0.805. The highest BCUT2D eigenvalue weighted by Crippen LogP contribution is 2.09. The molecule has 2 rings (SSSR count). The molecule has 92 valence electrons. The molecule has 1 N–H and O–H groups in total. The Bertz CT molecular complexity index is 588. The van der Waals surface area contributed by atoms with Gasteiger partial charge in [-0.15, -0.1) is 0 Å². The highest BCUT2D eigenvalue weighted by molar-refractivity contribution is 5.32. The van der Waals surface area contributed by atoms with Gasteiger partial charge >= 0.3 is 0 Å².